The Hall–Kier alpha value is -0.450. The molecule has 0 unspecified atom stereocenters. The molecule has 0 saturated carbocycles. The second-order valence-electron chi connectivity index (χ2n) is 4.44. The summed E-state index contributed by atoms with van der Waals surface area (Å²) >= 11 is 0. The van der Waals surface area contributed by atoms with E-state index in [1.807, 2.05) is 6.92 Å². The Balaban J connectivity index is 3.73. The van der Waals surface area contributed by atoms with Gasteiger partial charge in [0.2, 0.25) is 0 Å². The van der Waals surface area contributed by atoms with Gasteiger partial charge in [0.25, 0.3) is 0 Å². The van der Waals surface area contributed by atoms with Gasteiger partial charge < -0.3 is 4.74 Å². The first-order valence-electron chi connectivity index (χ1n) is 5.82. The van der Waals surface area contributed by atoms with E-state index in [-0.39, 0.29) is 11.9 Å². The van der Waals surface area contributed by atoms with Crippen LogP contribution in [0.4, 0.5) is 0 Å². The van der Waals surface area contributed by atoms with Crippen molar-refractivity contribution in [2.24, 2.45) is 0 Å². The van der Waals surface area contributed by atoms with Crippen molar-refractivity contribution in [3.05, 3.63) is 0 Å². The molecule has 0 saturated heterocycles. The summed E-state index contributed by atoms with van der Waals surface area (Å²) in [6, 6.07) is 0. The lowest BCUT2D eigenvalue weighted by molar-refractivity contribution is -0.428. The Morgan fingerprint density at radius 3 is 2.50 bits per heavy atom. The van der Waals surface area contributed by atoms with Crippen molar-refractivity contribution in [2.75, 3.05) is 7.11 Å². The summed E-state index contributed by atoms with van der Waals surface area (Å²) in [4.78, 5) is 21.6. The molecule has 0 fully saturated rings. The molecular formula is C12H24O4. The molecule has 0 radical (unpaired) electrons. The zero-order valence-corrected chi connectivity index (χ0v) is 11.0. The summed E-state index contributed by atoms with van der Waals surface area (Å²) in [5.74, 6) is -0.561. The minimum absolute atomic E-state index is 0.216. The van der Waals surface area contributed by atoms with E-state index in [4.69, 9.17) is 14.5 Å². The second kappa shape index (κ2) is 7.76. The van der Waals surface area contributed by atoms with Crippen LogP contribution in [0.5, 0.6) is 0 Å². The molecule has 0 aliphatic heterocycles. The molecule has 0 N–H and O–H groups in total. The van der Waals surface area contributed by atoms with Gasteiger partial charge in [-0.15, -0.1) is 0 Å². The highest BCUT2D eigenvalue weighted by molar-refractivity contribution is 5.78. The Labute approximate surface area is 98.2 Å². The van der Waals surface area contributed by atoms with E-state index in [2.05, 4.69) is 6.92 Å². The molecule has 0 spiro atoms. The second-order valence-corrected chi connectivity index (χ2v) is 4.44. The Morgan fingerprint density at radius 1 is 1.38 bits per heavy atom. The zero-order valence-electron chi connectivity index (χ0n) is 11.0. The molecule has 1 atom stereocenters. The number of ketones is 1. The third kappa shape index (κ3) is 7.79. The number of carbonyl (C=O) groups is 1. The van der Waals surface area contributed by atoms with Crippen LogP contribution in [0.15, 0.2) is 0 Å². The molecule has 0 amide bonds. The van der Waals surface area contributed by atoms with Crippen molar-refractivity contribution in [3.8, 4) is 0 Å². The van der Waals surface area contributed by atoms with Crippen LogP contribution in [0.3, 0.4) is 0 Å². The summed E-state index contributed by atoms with van der Waals surface area (Å²) in [7, 11) is 1.54. The predicted molar refractivity (Wildman–Crippen MR) is 61.9 cm³/mol. The van der Waals surface area contributed by atoms with E-state index < -0.39 is 5.79 Å². The monoisotopic (exact) mass is 232 g/mol. The van der Waals surface area contributed by atoms with E-state index in [0.29, 0.717) is 12.8 Å². The van der Waals surface area contributed by atoms with Crippen molar-refractivity contribution in [2.45, 2.75) is 65.3 Å². The van der Waals surface area contributed by atoms with Gasteiger partial charge in [0, 0.05) is 20.0 Å². The summed E-state index contributed by atoms with van der Waals surface area (Å²) in [6.07, 6.45) is 2.75. The van der Waals surface area contributed by atoms with Crippen molar-refractivity contribution in [1.29, 1.82) is 0 Å². The van der Waals surface area contributed by atoms with Gasteiger partial charge >= 0.3 is 0 Å². The molecule has 0 aliphatic carbocycles. The van der Waals surface area contributed by atoms with E-state index in [1.54, 1.807) is 21.0 Å². The minimum atomic E-state index is -0.777. The molecule has 0 aliphatic rings. The quantitative estimate of drug-likeness (QED) is 0.348. The van der Waals surface area contributed by atoms with Crippen LogP contribution in [0, 0.1) is 0 Å². The Kier molecular flexibility index (Phi) is 7.55. The number of hydrogen-bond donors (Lipinski definition) is 0. The summed E-state index contributed by atoms with van der Waals surface area (Å²) in [5, 5.41) is 0. The van der Waals surface area contributed by atoms with Crippen LogP contribution >= 0.6 is 0 Å². The number of Topliss-reactive ketones (excluding diaryl/α,β-unsaturated/α-hetero) is 1. The third-order valence-corrected chi connectivity index (χ3v) is 2.23. The van der Waals surface area contributed by atoms with Gasteiger partial charge in [0.15, 0.2) is 5.79 Å². The van der Waals surface area contributed by atoms with Crippen LogP contribution in [0.1, 0.15) is 53.4 Å². The number of rotatable bonds is 9. The first-order valence-corrected chi connectivity index (χ1v) is 5.82. The third-order valence-electron chi connectivity index (χ3n) is 2.23. The predicted octanol–water partition coefficient (Wildman–Crippen LogP) is 2.86. The first kappa shape index (κ1) is 15.6. The number of hydrogen-bond acceptors (Lipinski definition) is 4. The molecular weight excluding hydrogens is 208 g/mol. The molecule has 0 aromatic rings. The fourth-order valence-electron chi connectivity index (χ4n) is 1.06. The van der Waals surface area contributed by atoms with Gasteiger partial charge in [-0.1, -0.05) is 13.3 Å². The van der Waals surface area contributed by atoms with Gasteiger partial charge in [-0.05, 0) is 27.2 Å². The lowest BCUT2D eigenvalue weighted by Gasteiger charge is -2.23. The Bertz CT molecular complexity index is 201. The molecule has 0 aromatic heterocycles. The maximum Gasteiger partial charge on any atom is 0.195 e. The van der Waals surface area contributed by atoms with Crippen LogP contribution < -0.4 is 0 Å². The average Bonchev–Trinajstić information content (AvgIpc) is 2.24. The smallest absolute Gasteiger partial charge is 0.195 e. The lowest BCUT2D eigenvalue weighted by atomic mass is 10.1. The van der Waals surface area contributed by atoms with E-state index in [1.165, 1.54) is 0 Å². The number of carbonyl (C=O) groups excluding carboxylic acids is 1. The van der Waals surface area contributed by atoms with Crippen molar-refractivity contribution in [1.82, 2.24) is 0 Å². The van der Waals surface area contributed by atoms with Gasteiger partial charge in [0.05, 0.1) is 6.10 Å². The maximum absolute atomic E-state index is 11.4. The van der Waals surface area contributed by atoms with Crippen LogP contribution in [0.2, 0.25) is 0 Å². The van der Waals surface area contributed by atoms with Crippen LogP contribution in [-0.4, -0.2) is 24.8 Å². The molecule has 4 heteroatoms. The number of unbranched alkanes of at least 4 members (excludes halogenated alkanes) is 1. The van der Waals surface area contributed by atoms with Crippen molar-refractivity contribution < 1.29 is 19.3 Å². The summed E-state index contributed by atoms with van der Waals surface area (Å²) in [6.45, 7) is 7.38. The fourth-order valence-corrected chi connectivity index (χ4v) is 1.06. The fraction of sp³-hybridized carbons (Fsp3) is 0.917. The van der Waals surface area contributed by atoms with E-state index in [9.17, 15) is 4.79 Å². The number of methoxy groups -OCH3 is 1. The summed E-state index contributed by atoms with van der Waals surface area (Å²) in [5.41, 5.74) is 0. The van der Waals surface area contributed by atoms with E-state index in [0.717, 1.165) is 12.8 Å². The van der Waals surface area contributed by atoms with E-state index >= 15 is 0 Å². The van der Waals surface area contributed by atoms with Crippen LogP contribution in [-0.2, 0) is 19.3 Å². The van der Waals surface area contributed by atoms with Gasteiger partial charge in [-0.25, -0.2) is 9.78 Å². The zero-order chi connectivity index (χ0) is 12.6. The lowest BCUT2D eigenvalue weighted by Crippen LogP contribution is -2.29. The summed E-state index contributed by atoms with van der Waals surface area (Å²) < 4.78 is 5.03. The molecule has 4 nitrogen and oxygen atoms in total. The standard InChI is InChI=1S/C12H24O4/c1-6-7-8-11(13)9-10(2)15-16-12(3,4)14-5/h10H,6-9H2,1-5H3/t10-/m1/s1. The van der Waals surface area contributed by atoms with Gasteiger partial charge in [-0.2, -0.15) is 0 Å². The Morgan fingerprint density at radius 2 is 2.00 bits per heavy atom. The number of ether oxygens (including phenoxy) is 1. The molecule has 0 heterocycles. The highest BCUT2D eigenvalue weighted by Crippen LogP contribution is 2.13. The normalized spacial score (nSPS) is 13.8. The van der Waals surface area contributed by atoms with Gasteiger partial charge in [0.1, 0.15) is 5.78 Å². The molecule has 96 valence electrons. The van der Waals surface area contributed by atoms with Crippen LogP contribution in [0.25, 0.3) is 0 Å². The first-order chi connectivity index (χ1) is 7.41. The molecule has 0 rings (SSSR count). The minimum Gasteiger partial charge on any atom is -0.351 e. The van der Waals surface area contributed by atoms with Crippen molar-refractivity contribution >= 4 is 5.78 Å². The molecule has 16 heavy (non-hydrogen) atoms. The SMILES string of the molecule is CCCCC(=O)C[C@@H](C)OOC(C)(C)OC. The molecule has 0 aromatic carbocycles. The topological polar surface area (TPSA) is 44.8 Å². The highest BCUT2D eigenvalue weighted by atomic mass is 17.2. The van der Waals surface area contributed by atoms with Gasteiger partial charge in [-0.3, -0.25) is 4.79 Å². The highest BCUT2D eigenvalue weighted by Gasteiger charge is 2.20. The maximum atomic E-state index is 11.4. The average molecular weight is 232 g/mol. The molecule has 0 bridgehead atoms. The largest absolute Gasteiger partial charge is 0.351 e. The van der Waals surface area contributed by atoms with Crippen molar-refractivity contribution in [3.63, 3.8) is 0 Å².